The summed E-state index contributed by atoms with van der Waals surface area (Å²) in [7, 11) is 1.75. The summed E-state index contributed by atoms with van der Waals surface area (Å²) in [5, 5.41) is 0. The van der Waals surface area contributed by atoms with Gasteiger partial charge in [0.05, 0.1) is 24.5 Å². The fourth-order valence-electron chi connectivity index (χ4n) is 3.57. The molecule has 1 aromatic rings. The Morgan fingerprint density at radius 1 is 1.33 bits per heavy atom. The highest BCUT2D eigenvalue weighted by Crippen LogP contribution is 2.33. The summed E-state index contributed by atoms with van der Waals surface area (Å²) in [6.45, 7) is 5.19. The first-order valence-electron chi connectivity index (χ1n) is 7.10. The van der Waals surface area contributed by atoms with E-state index in [1.165, 1.54) is 37.2 Å². The molecule has 1 aromatic heterocycles. The quantitative estimate of drug-likeness (QED) is 0.823. The number of hydrogen-bond donors (Lipinski definition) is 0. The number of aromatic nitrogens is 2. The number of nitrogens with zero attached hydrogens (tertiary/aromatic N) is 3. The predicted octanol–water partition coefficient (Wildman–Crippen LogP) is 2.35. The fraction of sp³-hybridized carbons (Fsp3) is 0.786. The molecule has 18 heavy (non-hydrogen) atoms. The Kier molecular flexibility index (Phi) is 3.39. The number of methoxy groups -OCH3 is 1. The van der Waals surface area contributed by atoms with Crippen LogP contribution in [0.4, 0.5) is 0 Å². The Hall–Kier alpha value is -0.870. The Balaban J connectivity index is 1.81. The van der Waals surface area contributed by atoms with Gasteiger partial charge in [0.1, 0.15) is 5.82 Å². The van der Waals surface area contributed by atoms with E-state index >= 15 is 0 Å². The maximum absolute atomic E-state index is 5.24. The van der Waals surface area contributed by atoms with Crippen LogP contribution < -0.4 is 0 Å². The largest absolute Gasteiger partial charge is 0.378 e. The van der Waals surface area contributed by atoms with Crippen LogP contribution in [0.25, 0.3) is 0 Å². The minimum Gasteiger partial charge on any atom is -0.378 e. The summed E-state index contributed by atoms with van der Waals surface area (Å²) in [6, 6.07) is 1.24. The standard InChI is InChI=1S/C14H23N3O/c1-11-14-15-9-13(10-18-2)17(14)8-7-16(11)12-5-3-4-6-12/h9,11-12H,3-8,10H2,1-2H3/t11-/m0/s1. The van der Waals surface area contributed by atoms with E-state index in [1.54, 1.807) is 7.11 Å². The minimum atomic E-state index is 0.451. The fourth-order valence-corrected chi connectivity index (χ4v) is 3.57. The first-order valence-corrected chi connectivity index (χ1v) is 7.10. The highest BCUT2D eigenvalue weighted by Gasteiger charge is 2.32. The van der Waals surface area contributed by atoms with Crippen LogP contribution in [-0.4, -0.2) is 34.1 Å². The molecule has 1 atom stereocenters. The molecule has 100 valence electrons. The smallest absolute Gasteiger partial charge is 0.126 e. The van der Waals surface area contributed by atoms with E-state index < -0.39 is 0 Å². The van der Waals surface area contributed by atoms with Crippen LogP contribution in [0.2, 0.25) is 0 Å². The number of rotatable bonds is 3. The van der Waals surface area contributed by atoms with Gasteiger partial charge in [-0.1, -0.05) is 12.8 Å². The Labute approximate surface area is 109 Å². The minimum absolute atomic E-state index is 0.451. The van der Waals surface area contributed by atoms with Crippen LogP contribution in [0.15, 0.2) is 6.20 Å². The van der Waals surface area contributed by atoms with Crippen molar-refractivity contribution >= 4 is 0 Å². The van der Waals surface area contributed by atoms with E-state index in [0.29, 0.717) is 12.6 Å². The summed E-state index contributed by atoms with van der Waals surface area (Å²) in [4.78, 5) is 7.28. The molecule has 0 bridgehead atoms. The van der Waals surface area contributed by atoms with E-state index in [9.17, 15) is 0 Å². The number of hydrogen-bond acceptors (Lipinski definition) is 3. The van der Waals surface area contributed by atoms with Gasteiger partial charge in [-0.15, -0.1) is 0 Å². The van der Waals surface area contributed by atoms with E-state index in [0.717, 1.165) is 19.1 Å². The van der Waals surface area contributed by atoms with E-state index in [-0.39, 0.29) is 0 Å². The zero-order valence-electron chi connectivity index (χ0n) is 11.4. The summed E-state index contributed by atoms with van der Waals surface area (Å²) in [6.07, 6.45) is 7.52. The van der Waals surface area contributed by atoms with Crippen LogP contribution in [0.5, 0.6) is 0 Å². The van der Waals surface area contributed by atoms with Crippen molar-refractivity contribution in [3.63, 3.8) is 0 Å². The average Bonchev–Trinajstić information content (AvgIpc) is 3.00. The van der Waals surface area contributed by atoms with Crippen molar-refractivity contribution in [3.05, 3.63) is 17.7 Å². The predicted molar refractivity (Wildman–Crippen MR) is 70.3 cm³/mol. The highest BCUT2D eigenvalue weighted by molar-refractivity contribution is 5.11. The average molecular weight is 249 g/mol. The molecule has 0 spiro atoms. The molecule has 0 radical (unpaired) electrons. The molecule has 0 N–H and O–H groups in total. The monoisotopic (exact) mass is 249 g/mol. The molecule has 1 saturated carbocycles. The van der Waals surface area contributed by atoms with Gasteiger partial charge < -0.3 is 9.30 Å². The first-order chi connectivity index (χ1) is 8.81. The number of imidazole rings is 1. The van der Waals surface area contributed by atoms with Gasteiger partial charge in [0.2, 0.25) is 0 Å². The molecule has 0 unspecified atom stereocenters. The third kappa shape index (κ3) is 1.97. The van der Waals surface area contributed by atoms with Crippen LogP contribution in [0, 0.1) is 0 Å². The molecule has 2 heterocycles. The van der Waals surface area contributed by atoms with Gasteiger partial charge >= 0.3 is 0 Å². The second-order valence-electron chi connectivity index (χ2n) is 5.54. The number of ether oxygens (including phenoxy) is 1. The van der Waals surface area contributed by atoms with Crippen molar-refractivity contribution < 1.29 is 4.74 Å². The van der Waals surface area contributed by atoms with Gasteiger partial charge in [-0.05, 0) is 19.8 Å². The summed E-state index contributed by atoms with van der Waals surface area (Å²) in [5.74, 6) is 1.22. The lowest BCUT2D eigenvalue weighted by Gasteiger charge is -2.38. The SMILES string of the molecule is COCc1cnc2n1CCN(C1CCCC1)[C@H]2C. The van der Waals surface area contributed by atoms with Gasteiger partial charge in [-0.3, -0.25) is 4.90 Å². The summed E-state index contributed by atoms with van der Waals surface area (Å²) in [5.41, 5.74) is 1.21. The molecule has 4 heteroatoms. The molecular weight excluding hydrogens is 226 g/mol. The Bertz CT molecular complexity index is 409. The van der Waals surface area contributed by atoms with Crippen LogP contribution in [-0.2, 0) is 17.9 Å². The van der Waals surface area contributed by atoms with Crippen molar-refractivity contribution in [1.82, 2.24) is 14.5 Å². The summed E-state index contributed by atoms with van der Waals surface area (Å²) >= 11 is 0. The lowest BCUT2D eigenvalue weighted by Crippen LogP contribution is -2.43. The molecule has 0 saturated heterocycles. The van der Waals surface area contributed by atoms with Crippen molar-refractivity contribution in [1.29, 1.82) is 0 Å². The van der Waals surface area contributed by atoms with Crippen LogP contribution >= 0.6 is 0 Å². The van der Waals surface area contributed by atoms with Crippen molar-refractivity contribution in [3.8, 4) is 0 Å². The van der Waals surface area contributed by atoms with Gasteiger partial charge in [0, 0.05) is 26.2 Å². The van der Waals surface area contributed by atoms with Crippen LogP contribution in [0.1, 0.15) is 50.2 Å². The maximum atomic E-state index is 5.24. The van der Waals surface area contributed by atoms with Gasteiger partial charge in [-0.2, -0.15) is 0 Å². The molecule has 0 amide bonds. The molecule has 3 rings (SSSR count). The normalized spacial score (nSPS) is 25.6. The highest BCUT2D eigenvalue weighted by atomic mass is 16.5. The molecule has 2 aliphatic rings. The molecular formula is C14H23N3O. The first kappa shape index (κ1) is 12.2. The van der Waals surface area contributed by atoms with E-state index in [2.05, 4.69) is 21.4 Å². The van der Waals surface area contributed by atoms with Gasteiger partial charge in [0.25, 0.3) is 0 Å². The molecule has 1 aliphatic heterocycles. The summed E-state index contributed by atoms with van der Waals surface area (Å²) < 4.78 is 7.59. The third-order valence-electron chi connectivity index (χ3n) is 4.51. The molecule has 1 fully saturated rings. The van der Waals surface area contributed by atoms with Gasteiger partial charge in [-0.25, -0.2) is 4.98 Å². The second-order valence-corrected chi connectivity index (χ2v) is 5.54. The lowest BCUT2D eigenvalue weighted by molar-refractivity contribution is 0.105. The van der Waals surface area contributed by atoms with Crippen molar-refractivity contribution in [2.45, 2.75) is 57.8 Å². The lowest BCUT2D eigenvalue weighted by atomic mass is 10.1. The maximum Gasteiger partial charge on any atom is 0.126 e. The zero-order chi connectivity index (χ0) is 12.5. The van der Waals surface area contributed by atoms with E-state index in [1.807, 2.05) is 6.20 Å². The Morgan fingerprint density at radius 2 is 2.11 bits per heavy atom. The van der Waals surface area contributed by atoms with Gasteiger partial charge in [0.15, 0.2) is 0 Å². The third-order valence-corrected chi connectivity index (χ3v) is 4.51. The van der Waals surface area contributed by atoms with Crippen molar-refractivity contribution in [2.24, 2.45) is 0 Å². The Morgan fingerprint density at radius 3 is 2.83 bits per heavy atom. The molecule has 0 aromatic carbocycles. The van der Waals surface area contributed by atoms with E-state index in [4.69, 9.17) is 4.74 Å². The zero-order valence-corrected chi connectivity index (χ0v) is 11.4. The molecule has 4 nitrogen and oxygen atoms in total. The second kappa shape index (κ2) is 5.02. The topological polar surface area (TPSA) is 30.3 Å². The number of fused-ring (bicyclic) bond motifs is 1. The van der Waals surface area contributed by atoms with Crippen LogP contribution in [0.3, 0.4) is 0 Å². The van der Waals surface area contributed by atoms with Crippen molar-refractivity contribution in [2.75, 3.05) is 13.7 Å². The molecule has 1 aliphatic carbocycles.